The molecule has 0 radical (unpaired) electrons. The van der Waals surface area contributed by atoms with Crippen LogP contribution in [0, 0.1) is 0 Å². The van der Waals surface area contributed by atoms with Gasteiger partial charge in [0.25, 0.3) is 0 Å². The number of benzene rings is 8. The molecule has 0 amide bonds. The third-order valence-electron chi connectivity index (χ3n) is 11.8. The number of furan rings is 1. The molecule has 12 rings (SSSR count). The molecule has 2 aliphatic rings. The van der Waals surface area contributed by atoms with Crippen LogP contribution in [-0.4, -0.2) is 9.97 Å². The van der Waals surface area contributed by atoms with Gasteiger partial charge in [-0.2, -0.15) is 0 Å². The van der Waals surface area contributed by atoms with Gasteiger partial charge in [0.05, 0.1) is 16.8 Å². The number of fused-ring (bicyclic) bond motifs is 12. The largest absolute Gasteiger partial charge is 0.457 e. The van der Waals surface area contributed by atoms with Crippen molar-refractivity contribution in [1.29, 1.82) is 0 Å². The third kappa shape index (κ3) is 4.68. The molecule has 10 aromatic rings. The van der Waals surface area contributed by atoms with Crippen molar-refractivity contribution in [3.05, 3.63) is 216 Å². The highest BCUT2D eigenvalue weighted by Crippen LogP contribution is 2.62. The Bertz CT molecular complexity index is 3170. The van der Waals surface area contributed by atoms with Crippen molar-refractivity contribution < 1.29 is 9.15 Å². The number of nitrogens with zero attached hydrogens (tertiary/aromatic N) is 2. The van der Waals surface area contributed by atoms with E-state index in [-0.39, 0.29) is 0 Å². The van der Waals surface area contributed by atoms with Crippen LogP contribution in [0.25, 0.3) is 78.1 Å². The Hall–Kier alpha value is -7.56. The molecular weight excluding hydrogens is 697 g/mol. The first kappa shape index (κ1) is 31.8. The number of hydrogen-bond donors (Lipinski definition) is 0. The average Bonchev–Trinajstić information content (AvgIpc) is 3.81. The first-order chi connectivity index (χ1) is 28.2. The van der Waals surface area contributed by atoms with Crippen LogP contribution in [0.15, 0.2) is 199 Å². The van der Waals surface area contributed by atoms with Gasteiger partial charge in [0.15, 0.2) is 5.82 Å². The lowest BCUT2D eigenvalue weighted by molar-refractivity contribution is 0.436. The van der Waals surface area contributed by atoms with Crippen LogP contribution in [0.2, 0.25) is 0 Å². The van der Waals surface area contributed by atoms with Crippen molar-refractivity contribution >= 4 is 21.9 Å². The Balaban J connectivity index is 1.00. The average molecular weight is 729 g/mol. The van der Waals surface area contributed by atoms with Gasteiger partial charge in [-0.15, -0.1) is 0 Å². The van der Waals surface area contributed by atoms with Crippen LogP contribution in [0.5, 0.6) is 11.5 Å². The molecule has 0 N–H and O–H groups in total. The van der Waals surface area contributed by atoms with E-state index in [4.69, 9.17) is 19.1 Å². The van der Waals surface area contributed by atoms with Crippen LogP contribution in [0.3, 0.4) is 0 Å². The summed E-state index contributed by atoms with van der Waals surface area (Å²) >= 11 is 0. The first-order valence-corrected chi connectivity index (χ1v) is 19.3. The van der Waals surface area contributed by atoms with Gasteiger partial charge in [0, 0.05) is 44.2 Å². The number of para-hydroxylation sites is 3. The summed E-state index contributed by atoms with van der Waals surface area (Å²) in [4.78, 5) is 10.4. The first-order valence-electron chi connectivity index (χ1n) is 19.3. The minimum atomic E-state index is -0.526. The van der Waals surface area contributed by atoms with Crippen molar-refractivity contribution in [1.82, 2.24) is 9.97 Å². The summed E-state index contributed by atoms with van der Waals surface area (Å²) in [5.41, 5.74) is 15.3. The minimum Gasteiger partial charge on any atom is -0.457 e. The van der Waals surface area contributed by atoms with E-state index in [0.29, 0.717) is 5.82 Å². The monoisotopic (exact) mass is 728 g/mol. The molecule has 1 aliphatic carbocycles. The molecule has 8 aromatic carbocycles. The highest BCUT2D eigenvalue weighted by Gasteiger charge is 2.50. The maximum atomic E-state index is 6.83. The fourth-order valence-electron chi connectivity index (χ4n) is 9.28. The lowest BCUT2D eigenvalue weighted by Crippen LogP contribution is -2.32. The fourth-order valence-corrected chi connectivity index (χ4v) is 9.28. The quantitative estimate of drug-likeness (QED) is 0.181. The van der Waals surface area contributed by atoms with Crippen molar-refractivity contribution in [2.45, 2.75) is 5.41 Å². The second-order valence-corrected chi connectivity index (χ2v) is 14.8. The van der Waals surface area contributed by atoms with Gasteiger partial charge >= 0.3 is 0 Å². The van der Waals surface area contributed by atoms with Crippen molar-refractivity contribution in [2.24, 2.45) is 0 Å². The molecule has 2 aromatic heterocycles. The Kier molecular flexibility index (Phi) is 6.81. The van der Waals surface area contributed by atoms with E-state index in [1.165, 1.54) is 22.3 Å². The Labute approximate surface area is 329 Å². The molecule has 0 atom stereocenters. The van der Waals surface area contributed by atoms with Gasteiger partial charge in [0.2, 0.25) is 0 Å². The Morgan fingerprint density at radius 1 is 0.368 bits per heavy atom. The molecule has 1 aliphatic heterocycles. The summed E-state index contributed by atoms with van der Waals surface area (Å²) < 4.78 is 13.2. The maximum absolute atomic E-state index is 6.83. The molecule has 1 spiro atoms. The van der Waals surface area contributed by atoms with Crippen LogP contribution < -0.4 is 4.74 Å². The Morgan fingerprint density at radius 3 is 1.70 bits per heavy atom. The number of hydrogen-bond acceptors (Lipinski definition) is 4. The van der Waals surface area contributed by atoms with E-state index >= 15 is 0 Å². The second-order valence-electron chi connectivity index (χ2n) is 14.8. The molecule has 57 heavy (non-hydrogen) atoms. The molecule has 0 bridgehead atoms. The SMILES string of the molecule is c1ccc(-c2cc(-c3ccc(-c4cccc5c4oc4ccccc45)cc3)nc(-c3ccc4c(c3)Oc3ccccc3C43c4ccccc4-c4ccccc43)n2)cc1. The standard InChI is InChI=1S/C53H32N2O2/c1-2-13-34(14-3-1)46-32-47(35-27-25-33(26-28-35)37-18-12-19-41-40-17-6-10-23-48(40)57-51(37)41)55-52(54-46)36-29-30-45-50(31-36)56-49-24-11-9-22-44(49)53(45)42-20-7-4-15-38(42)39-16-5-8-21-43(39)53/h1-32H. The van der Waals surface area contributed by atoms with Crippen LogP contribution >= 0.6 is 0 Å². The summed E-state index contributed by atoms with van der Waals surface area (Å²) in [6, 6.07) is 68.1. The molecule has 4 heteroatoms. The normalized spacial score (nSPS) is 13.2. The van der Waals surface area contributed by atoms with Crippen LogP contribution in [-0.2, 0) is 5.41 Å². The highest BCUT2D eigenvalue weighted by atomic mass is 16.5. The van der Waals surface area contributed by atoms with E-state index < -0.39 is 5.41 Å². The summed E-state index contributed by atoms with van der Waals surface area (Å²) in [5, 5.41) is 2.24. The minimum absolute atomic E-state index is 0.526. The summed E-state index contributed by atoms with van der Waals surface area (Å²) in [6.45, 7) is 0. The molecule has 266 valence electrons. The Morgan fingerprint density at radius 2 is 0.930 bits per heavy atom. The zero-order valence-corrected chi connectivity index (χ0v) is 30.7. The van der Waals surface area contributed by atoms with Gasteiger partial charge in [-0.1, -0.05) is 170 Å². The zero-order chi connectivity index (χ0) is 37.5. The van der Waals surface area contributed by atoms with Gasteiger partial charge in [-0.25, -0.2) is 9.97 Å². The molecule has 0 unspecified atom stereocenters. The lowest BCUT2D eigenvalue weighted by atomic mass is 9.66. The van der Waals surface area contributed by atoms with E-state index in [9.17, 15) is 0 Å². The highest BCUT2D eigenvalue weighted by molar-refractivity contribution is 6.09. The predicted molar refractivity (Wildman–Crippen MR) is 228 cm³/mol. The number of aromatic nitrogens is 2. The fraction of sp³-hybridized carbons (Fsp3) is 0.0189. The van der Waals surface area contributed by atoms with E-state index in [0.717, 1.165) is 83.8 Å². The number of rotatable bonds is 4. The third-order valence-corrected chi connectivity index (χ3v) is 11.8. The second kappa shape index (κ2) is 12.2. The van der Waals surface area contributed by atoms with Crippen LogP contribution in [0.4, 0.5) is 0 Å². The van der Waals surface area contributed by atoms with Crippen molar-refractivity contribution in [2.75, 3.05) is 0 Å². The zero-order valence-electron chi connectivity index (χ0n) is 30.7. The molecule has 0 fully saturated rings. The van der Waals surface area contributed by atoms with E-state index in [1.54, 1.807) is 0 Å². The van der Waals surface area contributed by atoms with Crippen LogP contribution in [0.1, 0.15) is 22.3 Å². The van der Waals surface area contributed by atoms with Crippen molar-refractivity contribution in [3.63, 3.8) is 0 Å². The number of ether oxygens (including phenoxy) is 1. The van der Waals surface area contributed by atoms with Gasteiger partial charge in [0.1, 0.15) is 22.7 Å². The molecule has 3 heterocycles. The molecule has 0 saturated carbocycles. The smallest absolute Gasteiger partial charge is 0.160 e. The summed E-state index contributed by atoms with van der Waals surface area (Å²) in [7, 11) is 0. The molecule has 0 saturated heterocycles. The van der Waals surface area contributed by atoms with Gasteiger partial charge < -0.3 is 9.15 Å². The van der Waals surface area contributed by atoms with Crippen molar-refractivity contribution in [3.8, 4) is 67.7 Å². The summed E-state index contributed by atoms with van der Waals surface area (Å²) in [6.07, 6.45) is 0. The van der Waals surface area contributed by atoms with E-state index in [1.807, 2.05) is 30.3 Å². The van der Waals surface area contributed by atoms with E-state index in [2.05, 4.69) is 164 Å². The molecule has 4 nitrogen and oxygen atoms in total. The molecular formula is C53H32N2O2. The predicted octanol–water partition coefficient (Wildman–Crippen LogP) is 13.5. The lowest BCUT2D eigenvalue weighted by Gasteiger charge is -2.39. The maximum Gasteiger partial charge on any atom is 0.160 e. The van der Waals surface area contributed by atoms with Gasteiger partial charge in [-0.3, -0.25) is 0 Å². The van der Waals surface area contributed by atoms with Gasteiger partial charge in [-0.05, 0) is 52.1 Å². The summed E-state index contributed by atoms with van der Waals surface area (Å²) in [5.74, 6) is 2.29. The topological polar surface area (TPSA) is 48.2 Å².